The predicted octanol–water partition coefficient (Wildman–Crippen LogP) is -0.613. The van der Waals surface area contributed by atoms with Gasteiger partial charge in [-0.3, -0.25) is 9.59 Å². The summed E-state index contributed by atoms with van der Waals surface area (Å²) in [5, 5.41) is 15.2. The number of thioether (sulfide) groups is 1. The first-order valence-corrected chi connectivity index (χ1v) is 7.58. The maximum absolute atomic E-state index is 12.0. The number of aliphatic carboxylic acids is 1. The molecular weight excluding hydrogens is 266 g/mol. The smallest absolute Gasteiger partial charge is 0.322 e. The second-order valence-corrected chi connectivity index (χ2v) is 6.73. The molecule has 7 heteroatoms. The van der Waals surface area contributed by atoms with E-state index in [1.165, 1.54) is 0 Å². The first-order chi connectivity index (χ1) is 8.99. The lowest BCUT2D eigenvalue weighted by molar-refractivity contribution is -0.138. The Labute approximate surface area is 116 Å². The highest BCUT2D eigenvalue weighted by Crippen LogP contribution is 2.41. The number of carboxylic acid groups (broad SMARTS) is 1. The van der Waals surface area contributed by atoms with Crippen molar-refractivity contribution in [2.24, 2.45) is 11.7 Å². The fraction of sp³-hybridized carbons (Fsp3) is 0.833. The average molecular weight is 287 g/mol. The molecule has 108 valence electrons. The zero-order valence-corrected chi connectivity index (χ0v) is 11.8. The number of piperidine rings is 1. The molecule has 2 saturated heterocycles. The quantitative estimate of drug-likeness (QED) is 0.550. The Morgan fingerprint density at radius 3 is 2.95 bits per heavy atom. The molecule has 19 heavy (non-hydrogen) atoms. The second kappa shape index (κ2) is 6.11. The lowest BCUT2D eigenvalue weighted by Crippen LogP contribution is -2.45. The maximum atomic E-state index is 12.0. The average Bonchev–Trinajstić information content (AvgIpc) is 2.80. The number of fused-ring (bicyclic) bond motifs is 1. The van der Waals surface area contributed by atoms with Gasteiger partial charge in [0.2, 0.25) is 5.91 Å². The Morgan fingerprint density at radius 2 is 2.32 bits per heavy atom. The highest BCUT2D eigenvalue weighted by Gasteiger charge is 2.42. The first-order valence-electron chi connectivity index (χ1n) is 6.64. The summed E-state index contributed by atoms with van der Waals surface area (Å²) < 4.78 is 0. The van der Waals surface area contributed by atoms with Crippen LogP contribution in [0.4, 0.5) is 0 Å². The molecule has 5 N–H and O–H groups in total. The summed E-state index contributed by atoms with van der Waals surface area (Å²) in [7, 11) is 0. The van der Waals surface area contributed by atoms with Crippen molar-refractivity contribution in [3.63, 3.8) is 0 Å². The van der Waals surface area contributed by atoms with Gasteiger partial charge in [-0.25, -0.2) is 0 Å². The summed E-state index contributed by atoms with van der Waals surface area (Å²) in [6.45, 7) is 3.23. The molecule has 3 unspecified atom stereocenters. The van der Waals surface area contributed by atoms with Crippen molar-refractivity contribution in [2.75, 3.05) is 13.1 Å². The minimum absolute atomic E-state index is 0.0104. The van der Waals surface area contributed by atoms with Gasteiger partial charge in [-0.1, -0.05) is 6.92 Å². The molecule has 5 atom stereocenters. The van der Waals surface area contributed by atoms with E-state index >= 15 is 0 Å². The summed E-state index contributed by atoms with van der Waals surface area (Å²) in [6, 6.07) is -0.632. The second-order valence-electron chi connectivity index (χ2n) is 5.34. The molecule has 2 rings (SSSR count). The van der Waals surface area contributed by atoms with Crippen LogP contribution in [0.1, 0.15) is 19.8 Å². The van der Waals surface area contributed by atoms with E-state index in [1.54, 1.807) is 11.8 Å². The first kappa shape index (κ1) is 14.6. The molecule has 1 amide bonds. The van der Waals surface area contributed by atoms with Crippen LogP contribution in [0.3, 0.4) is 0 Å². The van der Waals surface area contributed by atoms with Crippen molar-refractivity contribution in [1.82, 2.24) is 10.6 Å². The van der Waals surface area contributed by atoms with Crippen molar-refractivity contribution in [1.29, 1.82) is 0 Å². The Morgan fingerprint density at radius 1 is 1.58 bits per heavy atom. The third-order valence-electron chi connectivity index (χ3n) is 3.86. The van der Waals surface area contributed by atoms with Gasteiger partial charge in [-0.15, -0.1) is 11.8 Å². The van der Waals surface area contributed by atoms with E-state index in [-0.39, 0.29) is 17.7 Å². The van der Waals surface area contributed by atoms with Gasteiger partial charge in [0, 0.05) is 17.8 Å². The topological polar surface area (TPSA) is 104 Å². The van der Waals surface area contributed by atoms with Crippen LogP contribution in [-0.4, -0.2) is 52.7 Å². The summed E-state index contributed by atoms with van der Waals surface area (Å²) in [6.07, 6.45) is 1.96. The molecule has 0 saturated carbocycles. The van der Waals surface area contributed by atoms with E-state index in [0.29, 0.717) is 17.2 Å². The number of nitrogens with two attached hydrogens (primary N) is 1. The fourth-order valence-corrected chi connectivity index (χ4v) is 4.38. The molecular formula is C12H21N3O3S. The number of carbonyl (C=O) groups is 2. The molecule has 0 aliphatic carbocycles. The monoisotopic (exact) mass is 287 g/mol. The number of hydrogen-bond donors (Lipinski definition) is 4. The molecule has 2 heterocycles. The number of nitrogens with one attached hydrogen (secondary N) is 2. The highest BCUT2D eigenvalue weighted by atomic mass is 32.2. The SMILES string of the molecule is CC1CCN[C@H]2CC(C(=O)NC[C@@H](N)C(=O)O)SC12. The van der Waals surface area contributed by atoms with Crippen molar-refractivity contribution >= 4 is 23.6 Å². The van der Waals surface area contributed by atoms with Crippen molar-refractivity contribution < 1.29 is 14.7 Å². The molecule has 6 nitrogen and oxygen atoms in total. The van der Waals surface area contributed by atoms with Gasteiger partial charge in [0.25, 0.3) is 0 Å². The van der Waals surface area contributed by atoms with Gasteiger partial charge in [-0.2, -0.15) is 0 Å². The van der Waals surface area contributed by atoms with Crippen LogP contribution in [0.5, 0.6) is 0 Å². The van der Waals surface area contributed by atoms with Gasteiger partial charge >= 0.3 is 5.97 Å². The zero-order valence-electron chi connectivity index (χ0n) is 11.0. The van der Waals surface area contributed by atoms with E-state index in [2.05, 4.69) is 17.6 Å². The van der Waals surface area contributed by atoms with E-state index in [9.17, 15) is 9.59 Å². The third kappa shape index (κ3) is 3.40. The molecule has 2 aliphatic heterocycles. The van der Waals surface area contributed by atoms with Gasteiger partial charge in [-0.05, 0) is 25.3 Å². The van der Waals surface area contributed by atoms with Crippen LogP contribution in [0, 0.1) is 5.92 Å². The lowest BCUT2D eigenvalue weighted by Gasteiger charge is -2.31. The molecule has 2 aliphatic rings. The van der Waals surface area contributed by atoms with Gasteiger partial charge in [0.05, 0.1) is 5.25 Å². The summed E-state index contributed by atoms with van der Waals surface area (Å²) >= 11 is 1.71. The van der Waals surface area contributed by atoms with E-state index < -0.39 is 12.0 Å². The molecule has 0 aromatic carbocycles. The standard InChI is InChI=1S/C12H21N3O3S/c1-6-2-3-14-8-4-9(19-10(6)8)11(16)15-5-7(13)12(17)18/h6-10,14H,2-5,13H2,1H3,(H,15,16)(H,17,18)/t6?,7-,8+,9?,10?/m1/s1. The van der Waals surface area contributed by atoms with E-state index in [0.717, 1.165) is 19.4 Å². The van der Waals surface area contributed by atoms with Crippen LogP contribution < -0.4 is 16.4 Å². The van der Waals surface area contributed by atoms with Crippen LogP contribution in [0.25, 0.3) is 0 Å². The summed E-state index contributed by atoms with van der Waals surface area (Å²) in [5.74, 6) is -0.566. The lowest BCUT2D eigenvalue weighted by atomic mass is 9.91. The molecule has 0 radical (unpaired) electrons. The van der Waals surface area contributed by atoms with Crippen molar-refractivity contribution in [2.45, 2.75) is 42.3 Å². The van der Waals surface area contributed by atoms with Gasteiger partial charge < -0.3 is 21.5 Å². The van der Waals surface area contributed by atoms with E-state index in [4.69, 9.17) is 10.8 Å². The number of hydrogen-bond acceptors (Lipinski definition) is 5. The van der Waals surface area contributed by atoms with Gasteiger partial charge in [0.1, 0.15) is 6.04 Å². The molecule has 0 aromatic heterocycles. The van der Waals surface area contributed by atoms with Crippen LogP contribution >= 0.6 is 11.8 Å². The zero-order chi connectivity index (χ0) is 14.0. The largest absolute Gasteiger partial charge is 0.480 e. The van der Waals surface area contributed by atoms with Crippen LogP contribution in [-0.2, 0) is 9.59 Å². The summed E-state index contributed by atoms with van der Waals surface area (Å²) in [5.41, 5.74) is 5.37. The van der Waals surface area contributed by atoms with Crippen molar-refractivity contribution in [3.05, 3.63) is 0 Å². The number of amides is 1. The third-order valence-corrected chi connectivity index (χ3v) is 5.70. The van der Waals surface area contributed by atoms with Gasteiger partial charge in [0.15, 0.2) is 0 Å². The fourth-order valence-electron chi connectivity index (χ4n) is 2.68. The Balaban J connectivity index is 1.83. The Hall–Kier alpha value is -0.790. The van der Waals surface area contributed by atoms with Crippen LogP contribution in [0.2, 0.25) is 0 Å². The number of rotatable bonds is 4. The number of carboxylic acids is 1. The minimum atomic E-state index is -1.09. The normalized spacial score (nSPS) is 35.5. The Bertz CT molecular complexity index is 366. The Kier molecular flexibility index (Phi) is 4.70. The molecule has 0 aromatic rings. The minimum Gasteiger partial charge on any atom is -0.480 e. The summed E-state index contributed by atoms with van der Waals surface area (Å²) in [4.78, 5) is 22.6. The highest BCUT2D eigenvalue weighted by molar-refractivity contribution is 8.01. The van der Waals surface area contributed by atoms with Crippen LogP contribution in [0.15, 0.2) is 0 Å². The number of carbonyl (C=O) groups excluding carboxylic acids is 1. The van der Waals surface area contributed by atoms with E-state index in [1.807, 2.05) is 0 Å². The van der Waals surface area contributed by atoms with Crippen molar-refractivity contribution in [3.8, 4) is 0 Å². The molecule has 2 fully saturated rings. The predicted molar refractivity (Wildman–Crippen MR) is 74.0 cm³/mol. The molecule has 0 bridgehead atoms. The molecule has 0 spiro atoms. The maximum Gasteiger partial charge on any atom is 0.322 e.